The van der Waals surface area contributed by atoms with Crippen LogP contribution in [0.1, 0.15) is 23.2 Å². The number of para-hydroxylation sites is 3. The molecule has 28 heavy (non-hydrogen) atoms. The van der Waals surface area contributed by atoms with Gasteiger partial charge >= 0.3 is 0 Å². The van der Waals surface area contributed by atoms with Gasteiger partial charge in [0, 0.05) is 6.54 Å². The first-order valence-corrected chi connectivity index (χ1v) is 9.24. The molecular weight excluding hydrogens is 358 g/mol. The highest BCUT2D eigenvalue weighted by molar-refractivity contribution is 6.13. The summed E-state index contributed by atoms with van der Waals surface area (Å²) in [7, 11) is 1.53. The van der Waals surface area contributed by atoms with Crippen molar-refractivity contribution in [3.8, 4) is 5.75 Å². The van der Waals surface area contributed by atoms with E-state index >= 15 is 0 Å². The van der Waals surface area contributed by atoms with Gasteiger partial charge in [-0.3, -0.25) is 14.4 Å². The summed E-state index contributed by atoms with van der Waals surface area (Å²) >= 11 is 0. The van der Waals surface area contributed by atoms with Gasteiger partial charge in [-0.1, -0.05) is 24.3 Å². The molecule has 0 aliphatic carbocycles. The van der Waals surface area contributed by atoms with Crippen LogP contribution in [0.3, 0.4) is 0 Å². The first-order valence-electron chi connectivity index (χ1n) is 9.24. The van der Waals surface area contributed by atoms with Crippen LogP contribution in [0, 0.1) is 0 Å². The van der Waals surface area contributed by atoms with Crippen LogP contribution in [0.2, 0.25) is 0 Å². The van der Waals surface area contributed by atoms with Crippen LogP contribution in [-0.2, 0) is 9.59 Å². The number of nitrogens with zero attached hydrogens (tertiary/aromatic N) is 2. The summed E-state index contributed by atoms with van der Waals surface area (Å²) < 4.78 is 5.26. The SMILES string of the molecule is COc1ccccc1NC(=O)CN1C(=O)[C@@H]2CCCN2C(=O)c2ccccc21. The molecule has 3 amide bonds. The van der Waals surface area contributed by atoms with Crippen molar-refractivity contribution in [2.24, 2.45) is 0 Å². The number of ether oxygens (including phenoxy) is 1. The molecule has 0 radical (unpaired) electrons. The molecule has 1 atom stereocenters. The van der Waals surface area contributed by atoms with Crippen molar-refractivity contribution in [3.63, 3.8) is 0 Å². The second kappa shape index (κ2) is 7.34. The third kappa shape index (κ3) is 3.09. The minimum absolute atomic E-state index is 0.154. The van der Waals surface area contributed by atoms with E-state index in [1.54, 1.807) is 47.4 Å². The summed E-state index contributed by atoms with van der Waals surface area (Å²) in [4.78, 5) is 41.9. The maximum absolute atomic E-state index is 13.2. The topological polar surface area (TPSA) is 79.0 Å². The van der Waals surface area contributed by atoms with Gasteiger partial charge in [0.1, 0.15) is 18.3 Å². The van der Waals surface area contributed by atoms with E-state index in [1.807, 2.05) is 6.07 Å². The van der Waals surface area contributed by atoms with Crippen LogP contribution in [0.5, 0.6) is 5.75 Å². The first kappa shape index (κ1) is 18.0. The Balaban J connectivity index is 1.64. The number of carbonyl (C=O) groups excluding carboxylic acids is 3. The Morgan fingerprint density at radius 2 is 1.89 bits per heavy atom. The van der Waals surface area contributed by atoms with Crippen molar-refractivity contribution >= 4 is 29.1 Å². The molecule has 2 aliphatic rings. The van der Waals surface area contributed by atoms with Crippen molar-refractivity contribution in [2.45, 2.75) is 18.9 Å². The predicted molar refractivity (Wildman–Crippen MR) is 104 cm³/mol. The van der Waals surface area contributed by atoms with E-state index in [9.17, 15) is 14.4 Å². The zero-order chi connectivity index (χ0) is 19.7. The largest absolute Gasteiger partial charge is 0.495 e. The molecule has 2 aromatic rings. The number of nitrogens with one attached hydrogen (secondary N) is 1. The highest BCUT2D eigenvalue weighted by Gasteiger charge is 2.42. The van der Waals surface area contributed by atoms with Gasteiger partial charge in [-0.15, -0.1) is 0 Å². The number of anilines is 2. The third-order valence-corrected chi connectivity index (χ3v) is 5.17. The molecule has 7 nitrogen and oxygen atoms in total. The van der Waals surface area contributed by atoms with Crippen LogP contribution in [-0.4, -0.2) is 48.9 Å². The molecule has 1 fully saturated rings. The van der Waals surface area contributed by atoms with Gasteiger partial charge in [0.2, 0.25) is 11.8 Å². The van der Waals surface area contributed by atoms with Crippen molar-refractivity contribution in [2.75, 3.05) is 30.4 Å². The van der Waals surface area contributed by atoms with Crippen molar-refractivity contribution < 1.29 is 19.1 Å². The van der Waals surface area contributed by atoms with Gasteiger partial charge in [-0.25, -0.2) is 0 Å². The fourth-order valence-electron chi connectivity index (χ4n) is 3.85. The number of fused-ring (bicyclic) bond motifs is 2. The average molecular weight is 379 g/mol. The maximum atomic E-state index is 13.2. The molecule has 1 N–H and O–H groups in total. The number of carbonyl (C=O) groups is 3. The van der Waals surface area contributed by atoms with Gasteiger partial charge in [0.05, 0.1) is 24.0 Å². The Bertz CT molecular complexity index is 943. The second-order valence-electron chi connectivity index (χ2n) is 6.85. The van der Waals surface area contributed by atoms with E-state index in [4.69, 9.17) is 4.74 Å². The lowest BCUT2D eigenvalue weighted by molar-refractivity contribution is -0.124. The Morgan fingerprint density at radius 1 is 1.14 bits per heavy atom. The Kier molecular flexibility index (Phi) is 4.73. The zero-order valence-corrected chi connectivity index (χ0v) is 15.6. The minimum Gasteiger partial charge on any atom is -0.495 e. The van der Waals surface area contributed by atoms with E-state index in [0.717, 1.165) is 6.42 Å². The number of methoxy groups -OCH3 is 1. The van der Waals surface area contributed by atoms with Crippen molar-refractivity contribution in [1.82, 2.24) is 4.90 Å². The number of benzene rings is 2. The monoisotopic (exact) mass is 379 g/mol. The van der Waals surface area contributed by atoms with Crippen LogP contribution in [0.4, 0.5) is 11.4 Å². The van der Waals surface area contributed by atoms with E-state index in [0.29, 0.717) is 35.7 Å². The fourth-order valence-corrected chi connectivity index (χ4v) is 3.85. The van der Waals surface area contributed by atoms with Crippen molar-refractivity contribution in [1.29, 1.82) is 0 Å². The summed E-state index contributed by atoms with van der Waals surface area (Å²) in [6.07, 6.45) is 1.40. The lowest BCUT2D eigenvalue weighted by atomic mass is 10.1. The quantitative estimate of drug-likeness (QED) is 0.884. The smallest absolute Gasteiger partial charge is 0.256 e. The highest BCUT2D eigenvalue weighted by atomic mass is 16.5. The molecular formula is C21H21N3O4. The van der Waals surface area contributed by atoms with E-state index in [1.165, 1.54) is 12.0 Å². The van der Waals surface area contributed by atoms with Gasteiger partial charge in [0.15, 0.2) is 0 Å². The van der Waals surface area contributed by atoms with Crippen LogP contribution < -0.4 is 15.0 Å². The molecule has 0 spiro atoms. The van der Waals surface area contributed by atoms with Crippen LogP contribution >= 0.6 is 0 Å². The van der Waals surface area contributed by atoms with Gasteiger partial charge < -0.3 is 19.9 Å². The molecule has 144 valence electrons. The lowest BCUT2D eigenvalue weighted by Gasteiger charge is -2.25. The highest BCUT2D eigenvalue weighted by Crippen LogP contribution is 2.32. The molecule has 2 heterocycles. The van der Waals surface area contributed by atoms with Gasteiger partial charge in [-0.2, -0.15) is 0 Å². The number of hydrogen-bond donors (Lipinski definition) is 1. The molecule has 4 rings (SSSR count). The molecule has 0 saturated carbocycles. The molecule has 0 aromatic heterocycles. The molecule has 0 unspecified atom stereocenters. The molecule has 1 saturated heterocycles. The van der Waals surface area contributed by atoms with Crippen LogP contribution in [0.15, 0.2) is 48.5 Å². The summed E-state index contributed by atoms with van der Waals surface area (Å²) in [5.41, 5.74) is 1.46. The van der Waals surface area contributed by atoms with Gasteiger partial charge in [-0.05, 0) is 37.1 Å². The Labute approximate surface area is 162 Å². The summed E-state index contributed by atoms with van der Waals surface area (Å²) in [5, 5.41) is 2.80. The Hall–Kier alpha value is -3.35. The molecule has 7 heteroatoms. The molecule has 2 aromatic carbocycles. The first-order chi connectivity index (χ1) is 13.6. The van der Waals surface area contributed by atoms with E-state index in [-0.39, 0.29) is 24.3 Å². The summed E-state index contributed by atoms with van der Waals surface area (Å²) in [5.74, 6) is -0.188. The number of rotatable bonds is 4. The second-order valence-corrected chi connectivity index (χ2v) is 6.85. The minimum atomic E-state index is -0.515. The van der Waals surface area contributed by atoms with Crippen LogP contribution in [0.25, 0.3) is 0 Å². The average Bonchev–Trinajstić information content (AvgIpc) is 3.19. The molecule has 0 bridgehead atoms. The molecule has 2 aliphatic heterocycles. The summed E-state index contributed by atoms with van der Waals surface area (Å²) in [6.45, 7) is 0.385. The Morgan fingerprint density at radius 3 is 2.71 bits per heavy atom. The van der Waals surface area contributed by atoms with Gasteiger partial charge in [0.25, 0.3) is 5.91 Å². The van der Waals surface area contributed by atoms with Crippen molar-refractivity contribution in [3.05, 3.63) is 54.1 Å². The third-order valence-electron chi connectivity index (χ3n) is 5.17. The standard InChI is InChI=1S/C21H21N3O4/c1-28-18-11-5-3-8-15(18)22-19(25)13-24-16-9-4-2-7-14(16)20(26)23-12-6-10-17(23)21(24)27/h2-5,7-9,11,17H,6,10,12-13H2,1H3,(H,22,25)/t17-/m0/s1. The predicted octanol–water partition coefficient (Wildman–Crippen LogP) is 2.29. The zero-order valence-electron chi connectivity index (χ0n) is 15.6. The lowest BCUT2D eigenvalue weighted by Crippen LogP contribution is -2.47. The van der Waals surface area contributed by atoms with E-state index in [2.05, 4.69) is 5.32 Å². The number of hydrogen-bond acceptors (Lipinski definition) is 4. The number of amides is 3. The maximum Gasteiger partial charge on any atom is 0.256 e. The fraction of sp³-hybridized carbons (Fsp3) is 0.286. The normalized spacial score (nSPS) is 18.4. The summed E-state index contributed by atoms with van der Waals surface area (Å²) in [6, 6.07) is 13.5. The van der Waals surface area contributed by atoms with E-state index < -0.39 is 6.04 Å².